The highest BCUT2D eigenvalue weighted by atomic mass is 79.9. The lowest BCUT2D eigenvalue weighted by molar-refractivity contribution is 0.556. The number of nitrogens with one attached hydrogen (secondary N) is 1. The van der Waals surface area contributed by atoms with E-state index in [0.717, 1.165) is 17.6 Å². The number of rotatable bonds is 4. The van der Waals surface area contributed by atoms with Crippen molar-refractivity contribution in [3.8, 4) is 0 Å². The highest BCUT2D eigenvalue weighted by Crippen LogP contribution is 2.44. The summed E-state index contributed by atoms with van der Waals surface area (Å²) < 4.78 is 1.13. The number of nitrogens with two attached hydrogens (primary N) is 1. The van der Waals surface area contributed by atoms with Gasteiger partial charge < -0.3 is 11.1 Å². The first-order valence-corrected chi connectivity index (χ1v) is 6.15. The van der Waals surface area contributed by atoms with Gasteiger partial charge in [0.15, 0.2) is 0 Å². The average molecular weight is 269 g/mol. The summed E-state index contributed by atoms with van der Waals surface area (Å²) in [5.74, 6) is 0. The summed E-state index contributed by atoms with van der Waals surface area (Å²) >= 11 is 3.47. The molecule has 2 rings (SSSR count). The highest BCUT2D eigenvalue weighted by molar-refractivity contribution is 9.10. The van der Waals surface area contributed by atoms with Crippen LogP contribution in [0.4, 0.5) is 5.69 Å². The van der Waals surface area contributed by atoms with Gasteiger partial charge in [0.2, 0.25) is 0 Å². The number of halogens is 1. The fourth-order valence-corrected chi connectivity index (χ4v) is 2.21. The zero-order valence-electron chi connectivity index (χ0n) is 9.02. The van der Waals surface area contributed by atoms with E-state index < -0.39 is 0 Å². The molecule has 0 heterocycles. The lowest BCUT2D eigenvalue weighted by Gasteiger charge is -2.16. The van der Waals surface area contributed by atoms with Gasteiger partial charge in [0.05, 0.1) is 0 Å². The van der Waals surface area contributed by atoms with E-state index in [2.05, 4.69) is 46.4 Å². The SMILES string of the molecule is Cc1cc(Br)ccc1NCC1(CN)CC1. The van der Waals surface area contributed by atoms with E-state index in [1.807, 2.05) is 0 Å². The summed E-state index contributed by atoms with van der Waals surface area (Å²) in [6.45, 7) is 3.93. The van der Waals surface area contributed by atoms with E-state index >= 15 is 0 Å². The standard InChI is InChI=1S/C12H17BrN2/c1-9-6-10(13)2-3-11(9)15-8-12(7-14)4-5-12/h2-3,6,15H,4-5,7-8,14H2,1H3. The Bertz CT molecular complexity index is 359. The molecule has 0 aromatic heterocycles. The Kier molecular flexibility index (Phi) is 3.03. The molecule has 0 aliphatic heterocycles. The smallest absolute Gasteiger partial charge is 0.0370 e. The van der Waals surface area contributed by atoms with Crippen molar-refractivity contribution in [3.05, 3.63) is 28.2 Å². The van der Waals surface area contributed by atoms with Crippen LogP contribution in [0.3, 0.4) is 0 Å². The number of anilines is 1. The van der Waals surface area contributed by atoms with Crippen LogP contribution in [0.5, 0.6) is 0 Å². The van der Waals surface area contributed by atoms with Crippen LogP contribution in [0.1, 0.15) is 18.4 Å². The van der Waals surface area contributed by atoms with Crippen molar-refractivity contribution in [2.45, 2.75) is 19.8 Å². The van der Waals surface area contributed by atoms with Crippen LogP contribution < -0.4 is 11.1 Å². The molecule has 1 aromatic carbocycles. The average Bonchev–Trinajstić information content (AvgIpc) is 2.97. The fraction of sp³-hybridized carbons (Fsp3) is 0.500. The van der Waals surface area contributed by atoms with Gasteiger partial charge in [-0.1, -0.05) is 15.9 Å². The Morgan fingerprint density at radius 3 is 2.73 bits per heavy atom. The molecule has 0 amide bonds. The van der Waals surface area contributed by atoms with Crippen molar-refractivity contribution < 1.29 is 0 Å². The molecule has 0 radical (unpaired) electrons. The van der Waals surface area contributed by atoms with E-state index in [1.54, 1.807) is 0 Å². The second-order valence-electron chi connectivity index (χ2n) is 4.52. The van der Waals surface area contributed by atoms with E-state index in [-0.39, 0.29) is 0 Å². The van der Waals surface area contributed by atoms with Crippen molar-refractivity contribution in [2.75, 3.05) is 18.4 Å². The highest BCUT2D eigenvalue weighted by Gasteiger charge is 2.40. The van der Waals surface area contributed by atoms with Crippen LogP contribution >= 0.6 is 15.9 Å². The fourth-order valence-electron chi connectivity index (χ4n) is 1.74. The van der Waals surface area contributed by atoms with Gasteiger partial charge in [0, 0.05) is 16.7 Å². The Balaban J connectivity index is 1.99. The molecule has 15 heavy (non-hydrogen) atoms. The van der Waals surface area contributed by atoms with Crippen LogP contribution in [-0.2, 0) is 0 Å². The van der Waals surface area contributed by atoms with Gasteiger partial charge in [-0.05, 0) is 55.5 Å². The molecule has 1 aliphatic rings. The molecule has 0 spiro atoms. The zero-order valence-corrected chi connectivity index (χ0v) is 10.6. The minimum atomic E-state index is 0.388. The Morgan fingerprint density at radius 1 is 1.47 bits per heavy atom. The van der Waals surface area contributed by atoms with Gasteiger partial charge in [-0.25, -0.2) is 0 Å². The molecule has 1 aliphatic carbocycles. The second kappa shape index (κ2) is 4.14. The normalized spacial score (nSPS) is 17.5. The minimum absolute atomic E-state index is 0.388. The van der Waals surface area contributed by atoms with Gasteiger partial charge in [0.1, 0.15) is 0 Å². The molecular weight excluding hydrogens is 252 g/mol. The number of hydrogen-bond acceptors (Lipinski definition) is 2. The first-order chi connectivity index (χ1) is 7.15. The van der Waals surface area contributed by atoms with Crippen LogP contribution in [0, 0.1) is 12.3 Å². The maximum atomic E-state index is 5.75. The van der Waals surface area contributed by atoms with Crippen LogP contribution in [0.25, 0.3) is 0 Å². The molecule has 3 heteroatoms. The lowest BCUT2D eigenvalue weighted by atomic mass is 10.1. The Morgan fingerprint density at radius 2 is 2.20 bits per heavy atom. The van der Waals surface area contributed by atoms with Gasteiger partial charge in [-0.3, -0.25) is 0 Å². The van der Waals surface area contributed by atoms with Crippen molar-refractivity contribution in [3.63, 3.8) is 0 Å². The number of hydrogen-bond donors (Lipinski definition) is 2. The molecule has 0 atom stereocenters. The van der Waals surface area contributed by atoms with E-state index in [1.165, 1.54) is 24.1 Å². The molecule has 0 saturated heterocycles. The van der Waals surface area contributed by atoms with Gasteiger partial charge in [-0.2, -0.15) is 0 Å². The largest absolute Gasteiger partial charge is 0.384 e. The predicted octanol–water partition coefficient (Wildman–Crippen LogP) is 2.91. The van der Waals surface area contributed by atoms with Crippen molar-refractivity contribution in [1.29, 1.82) is 0 Å². The minimum Gasteiger partial charge on any atom is -0.384 e. The van der Waals surface area contributed by atoms with Crippen molar-refractivity contribution in [1.82, 2.24) is 0 Å². The van der Waals surface area contributed by atoms with E-state index in [4.69, 9.17) is 5.73 Å². The van der Waals surface area contributed by atoms with Crippen LogP contribution in [0.15, 0.2) is 22.7 Å². The molecule has 1 aromatic rings. The maximum absolute atomic E-state index is 5.75. The molecule has 3 N–H and O–H groups in total. The van der Waals surface area contributed by atoms with Crippen molar-refractivity contribution in [2.24, 2.45) is 11.1 Å². The van der Waals surface area contributed by atoms with Crippen LogP contribution in [-0.4, -0.2) is 13.1 Å². The summed E-state index contributed by atoms with van der Waals surface area (Å²) in [6.07, 6.45) is 2.54. The summed E-state index contributed by atoms with van der Waals surface area (Å²) in [4.78, 5) is 0. The molecule has 0 unspecified atom stereocenters. The summed E-state index contributed by atoms with van der Waals surface area (Å²) in [5, 5.41) is 3.49. The molecule has 2 nitrogen and oxygen atoms in total. The zero-order chi connectivity index (χ0) is 10.9. The number of benzene rings is 1. The Hall–Kier alpha value is -0.540. The summed E-state index contributed by atoms with van der Waals surface area (Å²) in [7, 11) is 0. The van der Waals surface area contributed by atoms with Gasteiger partial charge in [-0.15, -0.1) is 0 Å². The first kappa shape index (κ1) is 11.0. The number of aryl methyl sites for hydroxylation is 1. The van der Waals surface area contributed by atoms with E-state index in [0.29, 0.717) is 5.41 Å². The third kappa shape index (κ3) is 2.52. The molecule has 1 saturated carbocycles. The quantitative estimate of drug-likeness (QED) is 0.882. The molecule has 82 valence electrons. The summed E-state index contributed by atoms with van der Waals surface area (Å²) in [6, 6.07) is 6.31. The Labute approximate surface area is 99.4 Å². The van der Waals surface area contributed by atoms with E-state index in [9.17, 15) is 0 Å². The third-order valence-corrected chi connectivity index (χ3v) is 3.73. The monoisotopic (exact) mass is 268 g/mol. The lowest BCUT2D eigenvalue weighted by Crippen LogP contribution is -2.24. The van der Waals surface area contributed by atoms with Crippen molar-refractivity contribution >= 4 is 21.6 Å². The van der Waals surface area contributed by atoms with Gasteiger partial charge >= 0.3 is 0 Å². The first-order valence-electron chi connectivity index (χ1n) is 5.35. The molecular formula is C12H17BrN2. The third-order valence-electron chi connectivity index (χ3n) is 3.23. The predicted molar refractivity (Wildman–Crippen MR) is 68.1 cm³/mol. The maximum Gasteiger partial charge on any atom is 0.0370 e. The van der Waals surface area contributed by atoms with Crippen LogP contribution in [0.2, 0.25) is 0 Å². The molecule has 0 bridgehead atoms. The summed E-state index contributed by atoms with van der Waals surface area (Å²) in [5.41, 5.74) is 8.63. The molecule has 1 fully saturated rings. The van der Waals surface area contributed by atoms with Gasteiger partial charge in [0.25, 0.3) is 0 Å². The topological polar surface area (TPSA) is 38.0 Å². The second-order valence-corrected chi connectivity index (χ2v) is 5.43.